The van der Waals surface area contributed by atoms with Crippen LogP contribution in [0.25, 0.3) is 0 Å². The lowest BCUT2D eigenvalue weighted by atomic mass is 10.3. The molecule has 1 aromatic rings. The number of carboxylic acid groups (broad SMARTS) is 2. The van der Waals surface area contributed by atoms with Gasteiger partial charge in [0, 0.05) is 37.2 Å². The molecule has 1 heterocycles. The second kappa shape index (κ2) is 12.9. The molecule has 0 spiro atoms. The van der Waals surface area contributed by atoms with Crippen molar-refractivity contribution in [1.82, 2.24) is 10.2 Å². The van der Waals surface area contributed by atoms with Crippen molar-refractivity contribution >= 4 is 39.5 Å². The molecule has 0 aromatic heterocycles. The SMILES string of the molecule is Clc1cc(Br)ccc1OCCOCCN1CCNCC1.O=C(O)C(=O)O. The van der Waals surface area contributed by atoms with Crippen LogP contribution in [-0.4, -0.2) is 79.6 Å². The van der Waals surface area contributed by atoms with E-state index in [1.807, 2.05) is 18.2 Å². The first-order valence-electron chi connectivity index (χ1n) is 7.95. The van der Waals surface area contributed by atoms with Gasteiger partial charge < -0.3 is 25.0 Å². The minimum atomic E-state index is -1.82. The first-order valence-corrected chi connectivity index (χ1v) is 9.12. The number of ether oxygens (including phenoxy) is 2. The van der Waals surface area contributed by atoms with Crippen molar-refractivity contribution in [3.05, 3.63) is 27.7 Å². The van der Waals surface area contributed by atoms with E-state index in [0.29, 0.717) is 24.0 Å². The average molecular weight is 454 g/mol. The summed E-state index contributed by atoms with van der Waals surface area (Å²) < 4.78 is 12.1. The summed E-state index contributed by atoms with van der Waals surface area (Å²) in [5.41, 5.74) is 0. The zero-order valence-electron chi connectivity index (χ0n) is 14.1. The van der Waals surface area contributed by atoms with Crippen molar-refractivity contribution in [3.8, 4) is 5.75 Å². The second-order valence-electron chi connectivity index (χ2n) is 5.24. The molecule has 26 heavy (non-hydrogen) atoms. The number of carboxylic acids is 2. The highest BCUT2D eigenvalue weighted by molar-refractivity contribution is 9.10. The van der Waals surface area contributed by atoms with E-state index in [0.717, 1.165) is 43.8 Å². The maximum atomic E-state index is 9.10. The summed E-state index contributed by atoms with van der Waals surface area (Å²) >= 11 is 9.43. The zero-order valence-corrected chi connectivity index (χ0v) is 16.5. The van der Waals surface area contributed by atoms with E-state index in [-0.39, 0.29) is 0 Å². The third kappa shape index (κ3) is 9.93. The Morgan fingerprint density at radius 3 is 2.38 bits per heavy atom. The summed E-state index contributed by atoms with van der Waals surface area (Å²) in [5, 5.41) is 18.7. The lowest BCUT2D eigenvalue weighted by molar-refractivity contribution is -0.159. The highest BCUT2D eigenvalue weighted by atomic mass is 79.9. The van der Waals surface area contributed by atoms with Crippen molar-refractivity contribution in [1.29, 1.82) is 0 Å². The molecule has 8 nitrogen and oxygen atoms in total. The van der Waals surface area contributed by atoms with Gasteiger partial charge in [-0.2, -0.15) is 0 Å². The molecule has 1 aliphatic rings. The standard InChI is InChI=1S/C14H20BrClN2O2.C2H2O4/c15-12-1-2-14(13(16)11-12)20-10-9-19-8-7-18-5-3-17-4-6-18;3-1(4)2(5)6/h1-2,11,17H,3-10H2;(H,3,4)(H,5,6). The van der Waals surface area contributed by atoms with Gasteiger partial charge in [0.15, 0.2) is 0 Å². The summed E-state index contributed by atoms with van der Waals surface area (Å²) in [6, 6.07) is 5.59. The van der Waals surface area contributed by atoms with Crippen LogP contribution in [0.1, 0.15) is 0 Å². The van der Waals surface area contributed by atoms with Crippen LogP contribution in [0.4, 0.5) is 0 Å². The van der Waals surface area contributed by atoms with Crippen molar-refractivity contribution in [3.63, 3.8) is 0 Å². The third-order valence-electron chi connectivity index (χ3n) is 3.32. The van der Waals surface area contributed by atoms with E-state index < -0.39 is 11.9 Å². The molecule has 146 valence electrons. The maximum Gasteiger partial charge on any atom is 0.414 e. The highest BCUT2D eigenvalue weighted by Gasteiger charge is 2.08. The van der Waals surface area contributed by atoms with Crippen LogP contribution in [0.2, 0.25) is 5.02 Å². The van der Waals surface area contributed by atoms with Gasteiger partial charge in [0.2, 0.25) is 0 Å². The number of rotatable bonds is 7. The normalized spacial score (nSPS) is 14.2. The third-order valence-corrected chi connectivity index (χ3v) is 4.11. The van der Waals surface area contributed by atoms with E-state index in [9.17, 15) is 0 Å². The van der Waals surface area contributed by atoms with Crippen LogP contribution in [0.15, 0.2) is 22.7 Å². The molecule has 0 bridgehead atoms. The fourth-order valence-electron chi connectivity index (χ4n) is 2.03. The van der Waals surface area contributed by atoms with Crippen LogP contribution >= 0.6 is 27.5 Å². The Labute approximate surface area is 165 Å². The van der Waals surface area contributed by atoms with Gasteiger partial charge in [-0.1, -0.05) is 27.5 Å². The van der Waals surface area contributed by atoms with E-state index in [1.165, 1.54) is 0 Å². The Balaban J connectivity index is 0.000000487. The van der Waals surface area contributed by atoms with Crippen LogP contribution < -0.4 is 10.1 Å². The molecular formula is C16H22BrClN2O6. The Kier molecular flexibility index (Phi) is 11.2. The molecule has 3 N–H and O–H groups in total. The minimum Gasteiger partial charge on any atom is -0.490 e. The first kappa shape index (κ1) is 22.7. The molecule has 1 saturated heterocycles. The Morgan fingerprint density at radius 1 is 1.15 bits per heavy atom. The molecule has 0 saturated carbocycles. The van der Waals surface area contributed by atoms with Crippen molar-refractivity contribution in [2.24, 2.45) is 0 Å². The van der Waals surface area contributed by atoms with Gasteiger partial charge in [-0.25, -0.2) is 9.59 Å². The molecule has 1 aliphatic heterocycles. The fourth-order valence-corrected chi connectivity index (χ4v) is 2.76. The highest BCUT2D eigenvalue weighted by Crippen LogP contribution is 2.27. The predicted octanol–water partition coefficient (Wildman–Crippen LogP) is 1.56. The molecule has 0 aliphatic carbocycles. The van der Waals surface area contributed by atoms with Crippen molar-refractivity contribution in [2.45, 2.75) is 0 Å². The van der Waals surface area contributed by atoms with E-state index in [2.05, 4.69) is 26.1 Å². The number of nitrogens with zero attached hydrogens (tertiary/aromatic N) is 1. The summed E-state index contributed by atoms with van der Waals surface area (Å²) in [4.78, 5) is 20.6. The molecular weight excluding hydrogens is 432 g/mol. The molecule has 0 unspecified atom stereocenters. The molecule has 2 rings (SSSR count). The Morgan fingerprint density at radius 2 is 1.81 bits per heavy atom. The largest absolute Gasteiger partial charge is 0.490 e. The predicted molar refractivity (Wildman–Crippen MR) is 100 cm³/mol. The molecule has 1 fully saturated rings. The molecule has 0 radical (unpaired) electrons. The lowest BCUT2D eigenvalue weighted by Crippen LogP contribution is -2.44. The van der Waals surface area contributed by atoms with Crippen molar-refractivity contribution < 1.29 is 29.3 Å². The summed E-state index contributed by atoms with van der Waals surface area (Å²) in [6.45, 7) is 7.19. The van der Waals surface area contributed by atoms with Gasteiger partial charge in [-0.3, -0.25) is 4.90 Å². The van der Waals surface area contributed by atoms with Crippen LogP contribution in [0.3, 0.4) is 0 Å². The smallest absolute Gasteiger partial charge is 0.414 e. The summed E-state index contributed by atoms with van der Waals surface area (Å²) in [7, 11) is 0. The van der Waals surface area contributed by atoms with Gasteiger partial charge in [-0.15, -0.1) is 0 Å². The first-order chi connectivity index (χ1) is 12.4. The lowest BCUT2D eigenvalue weighted by Gasteiger charge is -2.26. The summed E-state index contributed by atoms with van der Waals surface area (Å²) in [5.74, 6) is -2.95. The maximum absolute atomic E-state index is 9.10. The van der Waals surface area contributed by atoms with Gasteiger partial charge in [0.1, 0.15) is 12.4 Å². The molecule has 0 amide bonds. The van der Waals surface area contributed by atoms with Crippen molar-refractivity contribution in [2.75, 3.05) is 52.5 Å². The number of hydrogen-bond acceptors (Lipinski definition) is 6. The van der Waals surface area contributed by atoms with Crippen LogP contribution in [-0.2, 0) is 14.3 Å². The van der Waals surface area contributed by atoms with Gasteiger partial charge in [0.25, 0.3) is 0 Å². The van der Waals surface area contributed by atoms with Crippen LogP contribution in [0.5, 0.6) is 5.75 Å². The van der Waals surface area contributed by atoms with E-state index in [4.69, 9.17) is 40.9 Å². The monoisotopic (exact) mass is 452 g/mol. The Bertz CT molecular complexity index is 572. The van der Waals surface area contributed by atoms with Crippen LogP contribution in [0, 0.1) is 0 Å². The van der Waals surface area contributed by atoms with E-state index in [1.54, 1.807) is 0 Å². The number of halogens is 2. The number of nitrogens with one attached hydrogen (secondary N) is 1. The number of benzene rings is 1. The van der Waals surface area contributed by atoms with Gasteiger partial charge in [0.05, 0.1) is 18.2 Å². The van der Waals surface area contributed by atoms with Gasteiger partial charge in [-0.05, 0) is 18.2 Å². The number of hydrogen-bond donors (Lipinski definition) is 3. The number of piperazine rings is 1. The molecule has 0 atom stereocenters. The van der Waals surface area contributed by atoms with Gasteiger partial charge >= 0.3 is 11.9 Å². The zero-order chi connectivity index (χ0) is 19.4. The molecule has 1 aromatic carbocycles. The molecule has 10 heteroatoms. The number of aliphatic carboxylic acids is 2. The van der Waals surface area contributed by atoms with E-state index >= 15 is 0 Å². The topological polar surface area (TPSA) is 108 Å². The minimum absolute atomic E-state index is 0.517. The quantitative estimate of drug-likeness (QED) is 0.422. The second-order valence-corrected chi connectivity index (χ2v) is 6.56. The number of carbonyl (C=O) groups is 2. The average Bonchev–Trinajstić information content (AvgIpc) is 2.61. The fraction of sp³-hybridized carbons (Fsp3) is 0.500. The summed E-state index contributed by atoms with van der Waals surface area (Å²) in [6.07, 6.45) is 0. The Hall–Kier alpha value is -1.39.